The highest BCUT2D eigenvalue weighted by Gasteiger charge is 2.10. The average molecular weight is 297 g/mol. The summed E-state index contributed by atoms with van der Waals surface area (Å²) in [6.45, 7) is 0.190. The van der Waals surface area contributed by atoms with E-state index in [0.717, 1.165) is 12.1 Å². The Kier molecular flexibility index (Phi) is 4.16. The molecule has 2 aromatic carbocycles. The molecule has 0 saturated heterocycles. The van der Waals surface area contributed by atoms with E-state index in [0.29, 0.717) is 16.1 Å². The molecule has 0 spiro atoms. The zero-order valence-electron chi connectivity index (χ0n) is 10.1. The minimum absolute atomic E-state index is 0.0989. The summed E-state index contributed by atoms with van der Waals surface area (Å²) in [7, 11) is 0. The Labute approximate surface area is 118 Å². The second kappa shape index (κ2) is 5.85. The standard InChI is InChI=1S/C14H8ClF3N2/c15-11-3-8(6-19)1-2-9(11)7-20-10-4-12(16)14(18)13(17)5-10/h1-5,20H,7H2. The van der Waals surface area contributed by atoms with E-state index in [1.54, 1.807) is 12.1 Å². The fraction of sp³-hybridized carbons (Fsp3) is 0.0714. The molecule has 2 aromatic rings. The molecule has 20 heavy (non-hydrogen) atoms. The lowest BCUT2D eigenvalue weighted by atomic mass is 10.1. The summed E-state index contributed by atoms with van der Waals surface area (Å²) in [6.07, 6.45) is 0. The van der Waals surface area contributed by atoms with Crippen molar-refractivity contribution in [2.75, 3.05) is 5.32 Å². The molecule has 2 rings (SSSR count). The summed E-state index contributed by atoms with van der Waals surface area (Å²) in [6, 6.07) is 8.36. The Balaban J connectivity index is 2.15. The first-order valence-corrected chi connectivity index (χ1v) is 5.96. The largest absolute Gasteiger partial charge is 0.381 e. The van der Waals surface area contributed by atoms with E-state index in [1.165, 1.54) is 6.07 Å². The van der Waals surface area contributed by atoms with Gasteiger partial charge in [0.15, 0.2) is 17.5 Å². The fourth-order valence-electron chi connectivity index (χ4n) is 1.62. The fourth-order valence-corrected chi connectivity index (χ4v) is 1.86. The van der Waals surface area contributed by atoms with Gasteiger partial charge in [0.05, 0.1) is 11.6 Å². The zero-order chi connectivity index (χ0) is 14.7. The van der Waals surface area contributed by atoms with Crippen LogP contribution >= 0.6 is 11.6 Å². The van der Waals surface area contributed by atoms with Crippen molar-refractivity contribution in [3.63, 3.8) is 0 Å². The predicted molar refractivity (Wildman–Crippen MR) is 69.8 cm³/mol. The van der Waals surface area contributed by atoms with E-state index in [1.807, 2.05) is 6.07 Å². The minimum atomic E-state index is -1.51. The molecular formula is C14H8ClF3N2. The molecule has 0 bridgehead atoms. The van der Waals surface area contributed by atoms with E-state index in [4.69, 9.17) is 16.9 Å². The molecule has 6 heteroatoms. The van der Waals surface area contributed by atoms with Gasteiger partial charge in [-0.05, 0) is 17.7 Å². The average Bonchev–Trinajstić information content (AvgIpc) is 2.43. The van der Waals surface area contributed by atoms with E-state index in [9.17, 15) is 13.2 Å². The van der Waals surface area contributed by atoms with Gasteiger partial charge in [0.2, 0.25) is 0 Å². The van der Waals surface area contributed by atoms with Crippen molar-refractivity contribution in [1.29, 1.82) is 5.26 Å². The maximum atomic E-state index is 13.0. The number of benzene rings is 2. The number of nitriles is 1. The van der Waals surface area contributed by atoms with Gasteiger partial charge in [-0.2, -0.15) is 5.26 Å². The predicted octanol–water partition coefficient (Wildman–Crippen LogP) is 4.24. The van der Waals surface area contributed by atoms with Crippen molar-refractivity contribution in [1.82, 2.24) is 0 Å². The molecule has 0 atom stereocenters. The summed E-state index contributed by atoms with van der Waals surface area (Å²) >= 11 is 5.96. The van der Waals surface area contributed by atoms with Crippen LogP contribution in [-0.4, -0.2) is 0 Å². The molecule has 0 saturated carbocycles. The Morgan fingerprint density at radius 3 is 2.30 bits per heavy atom. The van der Waals surface area contributed by atoms with Crippen molar-refractivity contribution in [3.05, 3.63) is 63.9 Å². The van der Waals surface area contributed by atoms with Crippen LogP contribution in [0.2, 0.25) is 5.02 Å². The van der Waals surface area contributed by atoms with Crippen LogP contribution in [0.5, 0.6) is 0 Å². The van der Waals surface area contributed by atoms with Gasteiger partial charge in [0, 0.05) is 29.4 Å². The van der Waals surface area contributed by atoms with Gasteiger partial charge in [0.25, 0.3) is 0 Å². The first-order chi connectivity index (χ1) is 9.51. The Morgan fingerprint density at radius 2 is 1.75 bits per heavy atom. The summed E-state index contributed by atoms with van der Waals surface area (Å²) in [5.41, 5.74) is 1.16. The number of rotatable bonds is 3. The van der Waals surface area contributed by atoms with Crippen molar-refractivity contribution in [2.24, 2.45) is 0 Å². The van der Waals surface area contributed by atoms with Crippen molar-refractivity contribution < 1.29 is 13.2 Å². The Morgan fingerprint density at radius 1 is 1.10 bits per heavy atom. The smallest absolute Gasteiger partial charge is 0.194 e. The first-order valence-electron chi connectivity index (χ1n) is 5.58. The first kappa shape index (κ1) is 14.2. The third-order valence-corrected chi connectivity index (χ3v) is 3.00. The number of hydrogen-bond acceptors (Lipinski definition) is 2. The van der Waals surface area contributed by atoms with E-state index < -0.39 is 17.5 Å². The number of nitrogens with zero attached hydrogens (tertiary/aromatic N) is 1. The molecule has 0 aliphatic carbocycles. The van der Waals surface area contributed by atoms with Crippen LogP contribution in [0.1, 0.15) is 11.1 Å². The lowest BCUT2D eigenvalue weighted by molar-refractivity contribution is 0.447. The molecule has 0 aliphatic heterocycles. The zero-order valence-corrected chi connectivity index (χ0v) is 10.8. The van der Waals surface area contributed by atoms with Crippen molar-refractivity contribution in [2.45, 2.75) is 6.54 Å². The highest BCUT2D eigenvalue weighted by atomic mass is 35.5. The third kappa shape index (κ3) is 3.03. The molecule has 0 heterocycles. The third-order valence-electron chi connectivity index (χ3n) is 2.65. The molecule has 0 aromatic heterocycles. The number of halogens is 4. The topological polar surface area (TPSA) is 35.8 Å². The summed E-state index contributed by atoms with van der Waals surface area (Å²) in [5.74, 6) is -4.04. The normalized spacial score (nSPS) is 10.2. The highest BCUT2D eigenvalue weighted by molar-refractivity contribution is 6.31. The monoisotopic (exact) mass is 296 g/mol. The number of anilines is 1. The van der Waals surface area contributed by atoms with Gasteiger partial charge in [-0.25, -0.2) is 13.2 Å². The molecule has 0 unspecified atom stereocenters. The molecule has 2 nitrogen and oxygen atoms in total. The Bertz CT molecular complexity index is 672. The van der Waals surface area contributed by atoms with Gasteiger partial charge in [0.1, 0.15) is 0 Å². The lowest BCUT2D eigenvalue weighted by Crippen LogP contribution is -2.02. The molecule has 0 fully saturated rings. The van der Waals surface area contributed by atoms with Crippen molar-refractivity contribution >= 4 is 17.3 Å². The maximum absolute atomic E-state index is 13.0. The molecule has 0 radical (unpaired) electrons. The lowest BCUT2D eigenvalue weighted by Gasteiger charge is -2.09. The number of hydrogen-bond donors (Lipinski definition) is 1. The summed E-state index contributed by atoms with van der Waals surface area (Å²) in [5, 5.41) is 11.8. The van der Waals surface area contributed by atoms with Crippen LogP contribution in [0.25, 0.3) is 0 Å². The van der Waals surface area contributed by atoms with Crippen LogP contribution in [0.3, 0.4) is 0 Å². The van der Waals surface area contributed by atoms with Crippen LogP contribution < -0.4 is 5.32 Å². The Hall–Kier alpha value is -2.19. The van der Waals surface area contributed by atoms with Crippen LogP contribution in [-0.2, 0) is 6.54 Å². The van der Waals surface area contributed by atoms with Crippen LogP contribution in [0.4, 0.5) is 18.9 Å². The molecular weight excluding hydrogens is 289 g/mol. The van der Waals surface area contributed by atoms with E-state index in [2.05, 4.69) is 5.32 Å². The molecule has 1 N–H and O–H groups in total. The maximum Gasteiger partial charge on any atom is 0.194 e. The van der Waals surface area contributed by atoms with Crippen LogP contribution in [0, 0.1) is 28.8 Å². The van der Waals surface area contributed by atoms with E-state index in [-0.39, 0.29) is 12.2 Å². The summed E-state index contributed by atoms with van der Waals surface area (Å²) in [4.78, 5) is 0. The van der Waals surface area contributed by atoms with Crippen molar-refractivity contribution in [3.8, 4) is 6.07 Å². The highest BCUT2D eigenvalue weighted by Crippen LogP contribution is 2.21. The molecule has 102 valence electrons. The second-order valence-corrected chi connectivity index (χ2v) is 4.43. The minimum Gasteiger partial charge on any atom is -0.381 e. The quantitative estimate of drug-likeness (QED) is 0.860. The van der Waals surface area contributed by atoms with Gasteiger partial charge in [-0.3, -0.25) is 0 Å². The summed E-state index contributed by atoms with van der Waals surface area (Å²) < 4.78 is 38.8. The molecule has 0 aliphatic rings. The van der Waals surface area contributed by atoms with Gasteiger partial charge >= 0.3 is 0 Å². The van der Waals surface area contributed by atoms with Gasteiger partial charge in [-0.1, -0.05) is 17.7 Å². The van der Waals surface area contributed by atoms with E-state index >= 15 is 0 Å². The molecule has 0 amide bonds. The SMILES string of the molecule is N#Cc1ccc(CNc2cc(F)c(F)c(F)c2)c(Cl)c1. The van der Waals surface area contributed by atoms with Gasteiger partial charge in [-0.15, -0.1) is 0 Å². The van der Waals surface area contributed by atoms with Crippen LogP contribution in [0.15, 0.2) is 30.3 Å². The second-order valence-electron chi connectivity index (χ2n) is 4.03. The van der Waals surface area contributed by atoms with Gasteiger partial charge < -0.3 is 5.32 Å². The number of nitrogens with one attached hydrogen (secondary N) is 1.